The maximum absolute atomic E-state index is 12.3. The first kappa shape index (κ1) is 14.4. The molecule has 2 aromatic carbocycles. The molecule has 4 nitrogen and oxygen atoms in total. The van der Waals surface area contributed by atoms with Gasteiger partial charge in [-0.3, -0.25) is 4.72 Å². The van der Waals surface area contributed by atoms with Gasteiger partial charge >= 0.3 is 0 Å². The maximum atomic E-state index is 12.3. The normalized spacial score (nSPS) is 11.3. The van der Waals surface area contributed by atoms with E-state index in [0.717, 1.165) is 17.5 Å². The van der Waals surface area contributed by atoms with E-state index in [2.05, 4.69) is 4.72 Å². The minimum absolute atomic E-state index is 0.175. The molecule has 2 rings (SSSR count). The average molecular weight is 290 g/mol. The Morgan fingerprint density at radius 3 is 2.50 bits per heavy atom. The van der Waals surface area contributed by atoms with E-state index in [1.54, 1.807) is 24.3 Å². The van der Waals surface area contributed by atoms with Gasteiger partial charge in [-0.25, -0.2) is 8.42 Å². The van der Waals surface area contributed by atoms with Crippen molar-refractivity contribution in [1.29, 1.82) is 0 Å². The van der Waals surface area contributed by atoms with Gasteiger partial charge in [0.2, 0.25) is 0 Å². The van der Waals surface area contributed by atoms with E-state index in [9.17, 15) is 8.42 Å². The monoisotopic (exact) mass is 290 g/mol. The molecule has 106 valence electrons. The number of sulfonamides is 1. The number of anilines is 2. The van der Waals surface area contributed by atoms with Crippen molar-refractivity contribution < 1.29 is 8.42 Å². The minimum atomic E-state index is -3.61. The molecule has 20 heavy (non-hydrogen) atoms. The molecule has 0 spiro atoms. The van der Waals surface area contributed by atoms with Gasteiger partial charge in [0, 0.05) is 11.4 Å². The summed E-state index contributed by atoms with van der Waals surface area (Å²) >= 11 is 0. The number of nitrogen functional groups attached to an aromatic ring is 1. The van der Waals surface area contributed by atoms with Crippen LogP contribution in [0, 0.1) is 6.92 Å². The molecule has 2 aromatic rings. The van der Waals surface area contributed by atoms with Crippen LogP contribution < -0.4 is 10.5 Å². The van der Waals surface area contributed by atoms with Crippen molar-refractivity contribution in [2.45, 2.75) is 25.2 Å². The molecule has 0 aliphatic rings. The van der Waals surface area contributed by atoms with E-state index in [0.29, 0.717) is 11.4 Å². The Morgan fingerprint density at radius 1 is 1.15 bits per heavy atom. The Morgan fingerprint density at radius 2 is 1.90 bits per heavy atom. The zero-order valence-corrected chi connectivity index (χ0v) is 12.4. The van der Waals surface area contributed by atoms with Crippen LogP contribution in [0.5, 0.6) is 0 Å². The molecule has 0 bridgehead atoms. The van der Waals surface area contributed by atoms with Gasteiger partial charge < -0.3 is 5.73 Å². The zero-order chi connectivity index (χ0) is 14.8. The van der Waals surface area contributed by atoms with E-state index in [1.807, 2.05) is 26.0 Å². The summed E-state index contributed by atoms with van der Waals surface area (Å²) < 4.78 is 27.2. The second-order valence-corrected chi connectivity index (χ2v) is 6.37. The predicted octanol–water partition coefficient (Wildman–Crippen LogP) is 2.94. The van der Waals surface area contributed by atoms with Gasteiger partial charge in [-0.2, -0.15) is 0 Å². The lowest BCUT2D eigenvalue weighted by Gasteiger charge is -2.10. The third kappa shape index (κ3) is 3.11. The molecular weight excluding hydrogens is 272 g/mol. The molecule has 0 aliphatic carbocycles. The quantitative estimate of drug-likeness (QED) is 0.850. The Balaban J connectivity index is 2.33. The molecule has 0 fully saturated rings. The Hall–Kier alpha value is -2.01. The van der Waals surface area contributed by atoms with Crippen LogP contribution in [0.1, 0.15) is 18.1 Å². The van der Waals surface area contributed by atoms with Crippen LogP contribution in [0.3, 0.4) is 0 Å². The second-order valence-electron chi connectivity index (χ2n) is 4.69. The molecule has 3 N–H and O–H groups in total. The number of aryl methyl sites for hydroxylation is 2. The fraction of sp³-hybridized carbons (Fsp3) is 0.200. The molecule has 5 heteroatoms. The summed E-state index contributed by atoms with van der Waals surface area (Å²) in [5, 5.41) is 0. The average Bonchev–Trinajstić information content (AvgIpc) is 2.38. The van der Waals surface area contributed by atoms with Crippen LogP contribution in [0.25, 0.3) is 0 Å². The van der Waals surface area contributed by atoms with Gasteiger partial charge in [0.25, 0.3) is 10.0 Å². The summed E-state index contributed by atoms with van der Waals surface area (Å²) in [7, 11) is -3.61. The smallest absolute Gasteiger partial charge is 0.261 e. The first-order valence-electron chi connectivity index (χ1n) is 6.40. The van der Waals surface area contributed by atoms with Crippen molar-refractivity contribution >= 4 is 21.4 Å². The Bertz CT molecular complexity index is 724. The lowest BCUT2D eigenvalue weighted by molar-refractivity contribution is 0.601. The minimum Gasteiger partial charge on any atom is -0.398 e. The molecular formula is C15H18N2O2S. The van der Waals surface area contributed by atoms with Gasteiger partial charge in [0.05, 0.1) is 4.90 Å². The third-order valence-electron chi connectivity index (χ3n) is 3.08. The molecule has 0 radical (unpaired) electrons. The van der Waals surface area contributed by atoms with E-state index in [-0.39, 0.29) is 4.90 Å². The largest absolute Gasteiger partial charge is 0.398 e. The Labute approximate surface area is 119 Å². The van der Waals surface area contributed by atoms with Crippen molar-refractivity contribution in [1.82, 2.24) is 0 Å². The number of hydrogen-bond donors (Lipinski definition) is 2. The topological polar surface area (TPSA) is 72.2 Å². The number of hydrogen-bond acceptors (Lipinski definition) is 3. The van der Waals surface area contributed by atoms with Gasteiger partial charge in [0.15, 0.2) is 0 Å². The summed E-state index contributed by atoms with van der Waals surface area (Å²) in [6, 6.07) is 12.0. The lowest BCUT2D eigenvalue weighted by atomic mass is 10.1. The number of nitrogens with one attached hydrogen (secondary N) is 1. The summed E-state index contributed by atoms with van der Waals surface area (Å²) in [5.74, 6) is 0. The first-order valence-corrected chi connectivity index (χ1v) is 7.88. The highest BCUT2D eigenvalue weighted by Crippen LogP contribution is 2.21. The van der Waals surface area contributed by atoms with Crippen LogP contribution in [-0.4, -0.2) is 8.42 Å². The second kappa shape index (κ2) is 5.54. The molecule has 0 atom stereocenters. The van der Waals surface area contributed by atoms with Gasteiger partial charge in [-0.15, -0.1) is 0 Å². The fourth-order valence-electron chi connectivity index (χ4n) is 1.98. The summed E-state index contributed by atoms with van der Waals surface area (Å²) in [6.45, 7) is 3.89. The van der Waals surface area contributed by atoms with Crippen molar-refractivity contribution in [3.63, 3.8) is 0 Å². The van der Waals surface area contributed by atoms with Crippen LogP contribution >= 0.6 is 0 Å². The summed E-state index contributed by atoms with van der Waals surface area (Å²) in [5.41, 5.74) is 8.83. The standard InChI is InChI=1S/C15H18N2O2S/c1-3-12-7-8-14(10-15(12)16)20(18,19)17-13-6-4-5-11(2)9-13/h4-10,17H,3,16H2,1-2H3. The number of benzene rings is 2. The van der Waals surface area contributed by atoms with Crippen molar-refractivity contribution in [3.8, 4) is 0 Å². The predicted molar refractivity (Wildman–Crippen MR) is 82.2 cm³/mol. The van der Waals surface area contributed by atoms with Crippen LogP contribution in [-0.2, 0) is 16.4 Å². The zero-order valence-electron chi connectivity index (χ0n) is 11.6. The van der Waals surface area contributed by atoms with Gasteiger partial charge in [0.1, 0.15) is 0 Å². The highest BCUT2D eigenvalue weighted by molar-refractivity contribution is 7.92. The van der Waals surface area contributed by atoms with E-state index in [1.165, 1.54) is 6.07 Å². The molecule has 0 heterocycles. The molecule has 0 unspecified atom stereocenters. The van der Waals surface area contributed by atoms with E-state index in [4.69, 9.17) is 5.73 Å². The van der Waals surface area contributed by atoms with Crippen LogP contribution in [0.4, 0.5) is 11.4 Å². The molecule has 0 amide bonds. The molecule has 0 saturated heterocycles. The molecule has 0 aromatic heterocycles. The summed E-state index contributed by atoms with van der Waals surface area (Å²) in [4.78, 5) is 0.175. The Kier molecular flexibility index (Phi) is 3.99. The summed E-state index contributed by atoms with van der Waals surface area (Å²) in [6.07, 6.45) is 0.775. The maximum Gasteiger partial charge on any atom is 0.261 e. The van der Waals surface area contributed by atoms with E-state index >= 15 is 0 Å². The van der Waals surface area contributed by atoms with Crippen LogP contribution in [0.2, 0.25) is 0 Å². The number of rotatable bonds is 4. The van der Waals surface area contributed by atoms with Crippen molar-refractivity contribution in [3.05, 3.63) is 53.6 Å². The highest BCUT2D eigenvalue weighted by atomic mass is 32.2. The van der Waals surface area contributed by atoms with Crippen molar-refractivity contribution in [2.75, 3.05) is 10.5 Å². The highest BCUT2D eigenvalue weighted by Gasteiger charge is 2.15. The van der Waals surface area contributed by atoms with Gasteiger partial charge in [-0.1, -0.05) is 25.1 Å². The van der Waals surface area contributed by atoms with Gasteiger partial charge in [-0.05, 0) is 48.7 Å². The number of nitrogens with two attached hydrogens (primary N) is 1. The van der Waals surface area contributed by atoms with E-state index < -0.39 is 10.0 Å². The molecule has 0 saturated carbocycles. The molecule has 0 aliphatic heterocycles. The van der Waals surface area contributed by atoms with Crippen molar-refractivity contribution in [2.24, 2.45) is 0 Å². The first-order chi connectivity index (χ1) is 9.42. The van der Waals surface area contributed by atoms with Crippen LogP contribution in [0.15, 0.2) is 47.4 Å². The SMILES string of the molecule is CCc1ccc(S(=O)(=O)Nc2cccc(C)c2)cc1N. The third-order valence-corrected chi connectivity index (χ3v) is 4.46. The lowest BCUT2D eigenvalue weighted by Crippen LogP contribution is -2.13. The fourth-order valence-corrected chi connectivity index (χ4v) is 3.07.